The summed E-state index contributed by atoms with van der Waals surface area (Å²) in [7, 11) is -0.577. The lowest BCUT2D eigenvalue weighted by atomic mass is 9.91. The zero-order valence-corrected chi connectivity index (χ0v) is 31.6. The van der Waals surface area contributed by atoms with Gasteiger partial charge in [-0.1, -0.05) is 88.4 Å². The first kappa shape index (κ1) is 39.4. The second kappa shape index (κ2) is 17.6. The lowest BCUT2D eigenvalue weighted by molar-refractivity contribution is -0.151. The molecule has 1 heterocycles. The molecule has 48 heavy (non-hydrogen) atoms. The van der Waals surface area contributed by atoms with Crippen molar-refractivity contribution in [1.29, 1.82) is 0 Å². The highest BCUT2D eigenvalue weighted by atomic mass is 28.4. The summed E-state index contributed by atoms with van der Waals surface area (Å²) in [6, 6.07) is 17.7. The molecule has 2 aromatic carbocycles. The topological polar surface area (TPSA) is 72.5 Å². The van der Waals surface area contributed by atoms with E-state index in [0.29, 0.717) is 26.1 Å². The van der Waals surface area contributed by atoms with Crippen molar-refractivity contribution in [3.63, 3.8) is 0 Å². The Morgan fingerprint density at radius 2 is 1.75 bits per heavy atom. The van der Waals surface area contributed by atoms with Gasteiger partial charge in [0.15, 0.2) is 14.6 Å². The fourth-order valence-corrected chi connectivity index (χ4v) is 6.83. The molecule has 0 radical (unpaired) electrons. The summed E-state index contributed by atoms with van der Waals surface area (Å²) < 4.78 is 37.0. The lowest BCUT2D eigenvalue weighted by Gasteiger charge is -2.40. The third-order valence-corrected chi connectivity index (χ3v) is 14.2. The lowest BCUT2D eigenvalue weighted by Crippen LogP contribution is -2.45. The molecule has 1 fully saturated rings. The highest BCUT2D eigenvalue weighted by Gasteiger charge is 2.46. The van der Waals surface area contributed by atoms with Crippen molar-refractivity contribution >= 4 is 14.3 Å². The van der Waals surface area contributed by atoms with E-state index in [0.717, 1.165) is 22.4 Å². The number of esters is 1. The number of hydrogen-bond donors (Lipinski definition) is 0. The number of rotatable bonds is 18. The number of methoxy groups -OCH3 is 1. The normalized spacial score (nSPS) is 22.1. The molecule has 1 aliphatic rings. The van der Waals surface area contributed by atoms with Crippen LogP contribution in [0, 0.1) is 5.92 Å². The van der Waals surface area contributed by atoms with Gasteiger partial charge in [0.05, 0.1) is 38.4 Å². The van der Waals surface area contributed by atoms with Crippen molar-refractivity contribution in [3.8, 4) is 5.75 Å². The largest absolute Gasteiger partial charge is 0.497 e. The molecule has 0 saturated carbocycles. The molecule has 264 valence electrons. The zero-order chi connectivity index (χ0) is 35.5. The molecule has 2 aromatic rings. The van der Waals surface area contributed by atoms with Crippen LogP contribution in [0.2, 0.25) is 18.1 Å². The summed E-state index contributed by atoms with van der Waals surface area (Å²) in [5.74, 6) is 0.417. The summed E-state index contributed by atoms with van der Waals surface area (Å²) in [6.07, 6.45) is 5.34. The molecular weight excluding hydrogens is 621 g/mol. The maximum atomic E-state index is 13.7. The van der Waals surface area contributed by atoms with Crippen LogP contribution in [0.5, 0.6) is 5.75 Å². The molecule has 0 N–H and O–H groups in total. The van der Waals surface area contributed by atoms with Gasteiger partial charge in [-0.05, 0) is 68.1 Å². The van der Waals surface area contributed by atoms with E-state index in [-0.39, 0.29) is 35.6 Å². The summed E-state index contributed by atoms with van der Waals surface area (Å²) in [5.41, 5.74) is 2.29. The van der Waals surface area contributed by atoms with Crippen molar-refractivity contribution in [2.24, 2.45) is 5.92 Å². The molecule has 6 atom stereocenters. The van der Waals surface area contributed by atoms with E-state index < -0.39 is 26.3 Å². The first-order valence-electron chi connectivity index (χ1n) is 17.0. The van der Waals surface area contributed by atoms with E-state index in [1.807, 2.05) is 80.6 Å². The zero-order valence-electron chi connectivity index (χ0n) is 30.6. The molecule has 0 spiro atoms. The van der Waals surface area contributed by atoms with Gasteiger partial charge in [0.25, 0.3) is 0 Å². The van der Waals surface area contributed by atoms with Gasteiger partial charge in [-0.3, -0.25) is 4.79 Å². The van der Waals surface area contributed by atoms with Gasteiger partial charge in [0, 0.05) is 11.5 Å². The Morgan fingerprint density at radius 1 is 1.08 bits per heavy atom. The first-order valence-corrected chi connectivity index (χ1v) is 19.9. The monoisotopic (exact) mass is 678 g/mol. The number of carbonyl (C=O) groups is 1. The van der Waals surface area contributed by atoms with Gasteiger partial charge >= 0.3 is 5.97 Å². The van der Waals surface area contributed by atoms with Gasteiger partial charge in [-0.2, -0.15) is 0 Å². The average Bonchev–Trinajstić information content (AvgIpc) is 3.40. The summed E-state index contributed by atoms with van der Waals surface area (Å²) in [6.45, 7) is 25.9. The fourth-order valence-electron chi connectivity index (χ4n) is 5.44. The second-order valence-electron chi connectivity index (χ2n) is 14.5. The van der Waals surface area contributed by atoms with Crippen LogP contribution in [0.4, 0.5) is 0 Å². The quantitative estimate of drug-likeness (QED) is 0.0673. The summed E-state index contributed by atoms with van der Waals surface area (Å²) >= 11 is 0. The van der Waals surface area contributed by atoms with E-state index in [2.05, 4.69) is 53.9 Å². The van der Waals surface area contributed by atoms with Crippen molar-refractivity contribution < 1.29 is 32.9 Å². The van der Waals surface area contributed by atoms with Gasteiger partial charge < -0.3 is 28.1 Å². The average molecular weight is 679 g/mol. The molecule has 3 rings (SSSR count). The van der Waals surface area contributed by atoms with Gasteiger partial charge in [0.2, 0.25) is 0 Å². The van der Waals surface area contributed by atoms with E-state index in [1.54, 1.807) is 13.2 Å². The molecule has 0 aromatic heterocycles. The Morgan fingerprint density at radius 3 is 2.33 bits per heavy atom. The molecule has 1 aliphatic heterocycles. The molecule has 0 aliphatic carbocycles. The van der Waals surface area contributed by atoms with Crippen molar-refractivity contribution in [3.05, 3.63) is 103 Å². The number of hydrogen-bond acceptors (Lipinski definition) is 7. The summed E-state index contributed by atoms with van der Waals surface area (Å²) in [5, 5.41) is -0.0287. The minimum atomic E-state index is -2.22. The molecule has 0 bridgehead atoms. The first-order chi connectivity index (χ1) is 22.6. The maximum absolute atomic E-state index is 13.7. The van der Waals surface area contributed by atoms with E-state index in [1.165, 1.54) is 0 Å². The second-order valence-corrected chi connectivity index (χ2v) is 19.3. The maximum Gasteiger partial charge on any atom is 0.308 e. The Kier molecular flexibility index (Phi) is 14.4. The van der Waals surface area contributed by atoms with Crippen LogP contribution in [0.25, 0.3) is 0 Å². The molecule has 8 heteroatoms. The highest BCUT2D eigenvalue weighted by molar-refractivity contribution is 6.74. The van der Waals surface area contributed by atoms with Gasteiger partial charge in [0.1, 0.15) is 18.0 Å². The molecule has 0 amide bonds. The van der Waals surface area contributed by atoms with E-state index >= 15 is 0 Å². The van der Waals surface area contributed by atoms with Crippen molar-refractivity contribution in [1.82, 2.24) is 0 Å². The molecular formula is C40H58O7Si. The van der Waals surface area contributed by atoms with E-state index in [4.69, 9.17) is 28.1 Å². The van der Waals surface area contributed by atoms with Crippen LogP contribution < -0.4 is 4.74 Å². The minimum Gasteiger partial charge on any atom is -0.497 e. The van der Waals surface area contributed by atoms with Crippen LogP contribution >= 0.6 is 0 Å². The molecule has 1 saturated heterocycles. The Labute approximate surface area is 290 Å². The predicted molar refractivity (Wildman–Crippen MR) is 195 cm³/mol. The molecule has 1 unspecified atom stereocenters. The predicted octanol–water partition coefficient (Wildman–Crippen LogP) is 9.51. The van der Waals surface area contributed by atoms with Gasteiger partial charge in [-0.15, -0.1) is 13.2 Å². The standard InChI is InChI=1S/C40H58O7Si/c1-12-29(3)37(30(4)24-26-43-28-31-19-21-33(42-9)22-20-31)45-36(41)27-34(47-48(10,11)39(5,6)7)23-25-40(8)35(13-2)44-38(46-40)32-17-15-14-16-18-32/h12-22,24,29,34-35,37-38H,1-2,23,25-28H2,3-11H3/t29-,34?,35-,37-,38-,40+/m0/s1. The van der Waals surface area contributed by atoms with Crippen molar-refractivity contribution in [2.45, 2.75) is 116 Å². The van der Waals surface area contributed by atoms with Crippen molar-refractivity contribution in [2.75, 3.05) is 13.7 Å². The van der Waals surface area contributed by atoms with Crippen LogP contribution in [-0.2, 0) is 34.8 Å². The number of ether oxygens (including phenoxy) is 5. The Balaban J connectivity index is 1.70. The van der Waals surface area contributed by atoms with Crippen LogP contribution in [0.3, 0.4) is 0 Å². The minimum absolute atomic E-state index is 0.0287. The number of benzene rings is 2. The van der Waals surface area contributed by atoms with Crippen LogP contribution in [-0.4, -0.2) is 51.9 Å². The molecule has 7 nitrogen and oxygen atoms in total. The number of carbonyl (C=O) groups excluding carboxylic acids is 1. The summed E-state index contributed by atoms with van der Waals surface area (Å²) in [4.78, 5) is 13.7. The smallest absolute Gasteiger partial charge is 0.308 e. The highest BCUT2D eigenvalue weighted by Crippen LogP contribution is 2.43. The Bertz CT molecular complexity index is 1350. The van der Waals surface area contributed by atoms with Gasteiger partial charge in [-0.25, -0.2) is 0 Å². The Hall–Kier alpha value is -3.01. The van der Waals surface area contributed by atoms with Crippen LogP contribution in [0.15, 0.2) is 91.6 Å². The van der Waals surface area contributed by atoms with E-state index in [9.17, 15) is 4.79 Å². The fraction of sp³-hybridized carbons (Fsp3) is 0.525. The van der Waals surface area contributed by atoms with Crippen LogP contribution in [0.1, 0.15) is 78.2 Å². The SMILES string of the molecule is C=C[C@@H]1O[C@H](c2ccccc2)O[C@]1(C)CCC(CC(=O)O[C@H](C(C)=CCOCc1ccc(OC)cc1)[C@@H](C)C=C)O[Si](C)(C)C(C)(C)C. The third kappa shape index (κ3) is 11.0. The third-order valence-electron chi connectivity index (χ3n) is 9.67.